The Balaban J connectivity index is 1.42. The number of anilines is 2. The van der Waals surface area contributed by atoms with Gasteiger partial charge in [-0.05, 0) is 50.1 Å². The molecule has 4 aromatic rings. The molecule has 1 aliphatic heterocycles. The van der Waals surface area contributed by atoms with Crippen LogP contribution in [0.2, 0.25) is 0 Å². The summed E-state index contributed by atoms with van der Waals surface area (Å²) in [5, 5.41) is 8.31. The zero-order chi connectivity index (χ0) is 23.1. The van der Waals surface area contributed by atoms with Crippen LogP contribution in [-0.4, -0.2) is 26.3 Å². The molecule has 0 fully saturated rings. The molecule has 1 aliphatic rings. The number of fused-ring (bicyclic) bond motifs is 2. The molecule has 5 rings (SSSR count). The van der Waals surface area contributed by atoms with Crippen molar-refractivity contribution in [2.45, 2.75) is 33.2 Å². The summed E-state index contributed by atoms with van der Waals surface area (Å²) in [4.78, 5) is 46.5. The lowest BCUT2D eigenvalue weighted by molar-refractivity contribution is -0.116. The number of rotatable bonds is 4. The highest BCUT2D eigenvalue weighted by Gasteiger charge is 2.19. The lowest BCUT2D eigenvalue weighted by Gasteiger charge is -2.17. The highest BCUT2D eigenvalue weighted by molar-refractivity contribution is 7.14. The molecule has 0 spiro atoms. The van der Waals surface area contributed by atoms with Crippen molar-refractivity contribution in [2.24, 2.45) is 0 Å². The van der Waals surface area contributed by atoms with Crippen molar-refractivity contribution < 1.29 is 9.59 Å². The van der Waals surface area contributed by atoms with Gasteiger partial charge in [-0.1, -0.05) is 6.07 Å². The van der Waals surface area contributed by atoms with Crippen LogP contribution in [0.15, 0.2) is 46.7 Å². The van der Waals surface area contributed by atoms with Gasteiger partial charge in [-0.25, -0.2) is 9.97 Å². The minimum absolute atomic E-state index is 0.0237. The average molecular weight is 460 g/mol. The van der Waals surface area contributed by atoms with Crippen molar-refractivity contribution in [3.05, 3.63) is 69.0 Å². The van der Waals surface area contributed by atoms with Gasteiger partial charge in [0.25, 0.3) is 5.91 Å². The second-order valence-corrected chi connectivity index (χ2v) is 8.75. The first-order valence-corrected chi connectivity index (χ1v) is 11.5. The second-order valence-electron chi connectivity index (χ2n) is 7.89. The summed E-state index contributed by atoms with van der Waals surface area (Å²) in [7, 11) is 0. The van der Waals surface area contributed by atoms with Gasteiger partial charge in [0.2, 0.25) is 11.3 Å². The highest BCUT2D eigenvalue weighted by atomic mass is 32.1. The van der Waals surface area contributed by atoms with Gasteiger partial charge >= 0.3 is 0 Å². The summed E-state index contributed by atoms with van der Waals surface area (Å²) < 4.78 is 1.80. The number of thiazole rings is 1. The minimum atomic E-state index is -0.501. The van der Waals surface area contributed by atoms with Crippen molar-refractivity contribution in [3.63, 3.8) is 0 Å². The Morgan fingerprint density at radius 1 is 1.18 bits per heavy atom. The predicted molar refractivity (Wildman–Crippen MR) is 129 cm³/mol. The lowest BCUT2D eigenvalue weighted by Crippen LogP contribution is -2.24. The molecule has 0 saturated heterocycles. The number of aromatic nitrogens is 3. The summed E-state index contributed by atoms with van der Waals surface area (Å²) in [5.74, 6) is -0.477. The molecule has 9 heteroatoms. The van der Waals surface area contributed by atoms with Crippen LogP contribution < -0.4 is 16.1 Å². The van der Waals surface area contributed by atoms with E-state index in [-0.39, 0.29) is 16.9 Å². The van der Waals surface area contributed by atoms with Crippen molar-refractivity contribution in [3.8, 4) is 11.3 Å². The number of nitrogens with one attached hydrogen (secondary N) is 2. The SMILES string of the molecule is CCn1cc(C(=O)Nc2nc(-c3ccc4c(c3)CCC(=O)N4)cs2)c(=O)c2ccc(C)nc21. The van der Waals surface area contributed by atoms with Crippen LogP contribution in [-0.2, 0) is 17.8 Å². The number of pyridine rings is 2. The Morgan fingerprint density at radius 3 is 2.85 bits per heavy atom. The number of carbonyl (C=O) groups excluding carboxylic acids is 2. The van der Waals surface area contributed by atoms with Gasteiger partial charge in [0, 0.05) is 41.5 Å². The van der Waals surface area contributed by atoms with Crippen LogP contribution in [0.1, 0.15) is 35.0 Å². The summed E-state index contributed by atoms with van der Waals surface area (Å²) in [6.07, 6.45) is 2.70. The van der Waals surface area contributed by atoms with Gasteiger partial charge in [0.15, 0.2) is 5.13 Å². The molecule has 0 unspecified atom stereocenters. The summed E-state index contributed by atoms with van der Waals surface area (Å²) in [6, 6.07) is 9.25. The van der Waals surface area contributed by atoms with Gasteiger partial charge in [0.05, 0.1) is 11.1 Å². The largest absolute Gasteiger partial charge is 0.332 e. The van der Waals surface area contributed by atoms with Crippen molar-refractivity contribution in [1.82, 2.24) is 14.5 Å². The van der Waals surface area contributed by atoms with Crippen molar-refractivity contribution in [2.75, 3.05) is 10.6 Å². The number of amides is 2. The van der Waals surface area contributed by atoms with Gasteiger partial charge in [0.1, 0.15) is 11.2 Å². The minimum Gasteiger partial charge on any atom is -0.332 e. The Kier molecular flexibility index (Phi) is 5.26. The van der Waals surface area contributed by atoms with Gasteiger partial charge in [-0.15, -0.1) is 11.3 Å². The lowest BCUT2D eigenvalue weighted by atomic mass is 9.99. The predicted octanol–water partition coefficient (Wildman–Crippen LogP) is 3.99. The van der Waals surface area contributed by atoms with Crippen LogP contribution in [0.25, 0.3) is 22.3 Å². The Morgan fingerprint density at radius 2 is 2.03 bits per heavy atom. The van der Waals surface area contributed by atoms with E-state index in [4.69, 9.17) is 0 Å². The third-order valence-electron chi connectivity index (χ3n) is 5.67. The molecule has 2 amide bonds. The molecule has 0 bridgehead atoms. The maximum Gasteiger partial charge on any atom is 0.262 e. The van der Waals surface area contributed by atoms with E-state index < -0.39 is 5.91 Å². The Labute approximate surface area is 193 Å². The molecule has 0 radical (unpaired) electrons. The molecule has 166 valence electrons. The van der Waals surface area contributed by atoms with E-state index in [1.54, 1.807) is 22.9 Å². The molecular weight excluding hydrogens is 438 g/mol. The van der Waals surface area contributed by atoms with Crippen LogP contribution in [0.3, 0.4) is 0 Å². The van der Waals surface area contributed by atoms with Gasteiger partial charge in [-0.2, -0.15) is 0 Å². The van der Waals surface area contributed by atoms with Gasteiger partial charge < -0.3 is 9.88 Å². The topological polar surface area (TPSA) is 106 Å². The third kappa shape index (κ3) is 3.91. The van der Waals surface area contributed by atoms with Crippen LogP contribution >= 0.6 is 11.3 Å². The van der Waals surface area contributed by atoms with Crippen LogP contribution in [0.4, 0.5) is 10.8 Å². The smallest absolute Gasteiger partial charge is 0.262 e. The van der Waals surface area contributed by atoms with E-state index in [9.17, 15) is 14.4 Å². The number of hydrogen-bond acceptors (Lipinski definition) is 6. The number of aryl methyl sites for hydroxylation is 3. The standard InChI is InChI=1S/C24H21N5O3S/c1-3-29-11-17(21(31)16-7-4-13(2)25-22(16)29)23(32)28-24-27-19(12-33-24)15-5-8-18-14(10-15)6-9-20(30)26-18/h4-5,7-8,10-12H,3,6,9H2,1-2H3,(H,26,30)(H,27,28,32). The molecule has 4 heterocycles. The monoisotopic (exact) mass is 459 g/mol. The summed E-state index contributed by atoms with van der Waals surface area (Å²) in [6.45, 7) is 4.38. The van der Waals surface area contributed by atoms with E-state index >= 15 is 0 Å². The molecule has 0 atom stereocenters. The number of carbonyl (C=O) groups is 2. The maximum absolute atomic E-state index is 13.0. The quantitative estimate of drug-likeness (QED) is 0.480. The normalized spacial score (nSPS) is 13.0. The zero-order valence-corrected chi connectivity index (χ0v) is 19.0. The Bertz CT molecular complexity index is 1490. The first-order chi connectivity index (χ1) is 15.9. The van der Waals surface area contributed by atoms with E-state index in [2.05, 4.69) is 20.6 Å². The molecular formula is C24H21N5O3S. The molecule has 3 aromatic heterocycles. The van der Waals surface area contributed by atoms with E-state index in [1.807, 2.05) is 37.4 Å². The first kappa shape index (κ1) is 21.0. The summed E-state index contributed by atoms with van der Waals surface area (Å²) in [5.41, 5.74) is 4.59. The molecule has 1 aromatic carbocycles. The van der Waals surface area contributed by atoms with Gasteiger partial charge in [-0.3, -0.25) is 19.7 Å². The fraction of sp³-hybridized carbons (Fsp3) is 0.208. The van der Waals surface area contributed by atoms with Crippen LogP contribution in [0.5, 0.6) is 0 Å². The highest BCUT2D eigenvalue weighted by Crippen LogP contribution is 2.30. The molecule has 8 nitrogen and oxygen atoms in total. The number of benzene rings is 1. The maximum atomic E-state index is 13.0. The fourth-order valence-corrected chi connectivity index (χ4v) is 4.65. The molecule has 0 aliphatic carbocycles. The van der Waals surface area contributed by atoms with E-state index in [0.29, 0.717) is 35.6 Å². The Hall–Kier alpha value is -3.85. The van der Waals surface area contributed by atoms with Crippen molar-refractivity contribution in [1.29, 1.82) is 0 Å². The molecule has 0 saturated carbocycles. The van der Waals surface area contributed by atoms with Crippen LogP contribution in [0, 0.1) is 6.92 Å². The van der Waals surface area contributed by atoms with E-state index in [1.165, 1.54) is 11.3 Å². The molecule has 33 heavy (non-hydrogen) atoms. The summed E-state index contributed by atoms with van der Waals surface area (Å²) >= 11 is 1.29. The van der Waals surface area contributed by atoms with E-state index in [0.717, 1.165) is 28.2 Å². The van der Waals surface area contributed by atoms with Crippen molar-refractivity contribution >= 4 is 45.0 Å². The number of hydrogen-bond donors (Lipinski definition) is 2. The first-order valence-electron chi connectivity index (χ1n) is 10.6. The second kappa shape index (κ2) is 8.25. The molecule has 2 N–H and O–H groups in total. The average Bonchev–Trinajstić information content (AvgIpc) is 3.27. The third-order valence-corrected chi connectivity index (χ3v) is 6.42. The fourth-order valence-electron chi connectivity index (χ4n) is 3.93. The number of nitrogens with zero attached hydrogens (tertiary/aromatic N) is 3. The zero-order valence-electron chi connectivity index (χ0n) is 18.1.